The zero-order chi connectivity index (χ0) is 27.2. The molecule has 2 aliphatic rings. The first-order chi connectivity index (χ1) is 18.0. The van der Waals surface area contributed by atoms with Gasteiger partial charge in [0.05, 0.1) is 23.8 Å². The highest BCUT2D eigenvalue weighted by Crippen LogP contribution is 2.51. The zero-order valence-corrected chi connectivity index (χ0v) is 23.0. The molecule has 1 amide bonds. The van der Waals surface area contributed by atoms with Gasteiger partial charge in [-0.25, -0.2) is 4.98 Å². The number of carbonyl (C=O) groups is 2. The summed E-state index contributed by atoms with van der Waals surface area (Å²) in [6.07, 6.45) is 8.13. The van der Waals surface area contributed by atoms with Gasteiger partial charge in [0.25, 0.3) is 5.91 Å². The number of imidazole rings is 1. The molecule has 0 spiro atoms. The lowest BCUT2D eigenvalue weighted by Crippen LogP contribution is -2.48. The van der Waals surface area contributed by atoms with Crippen LogP contribution >= 0.6 is 0 Å². The van der Waals surface area contributed by atoms with Crippen molar-refractivity contribution in [3.63, 3.8) is 0 Å². The molecule has 202 valence electrons. The van der Waals surface area contributed by atoms with E-state index < -0.39 is 11.6 Å². The first kappa shape index (κ1) is 26.4. The van der Waals surface area contributed by atoms with E-state index in [0.29, 0.717) is 23.2 Å². The summed E-state index contributed by atoms with van der Waals surface area (Å²) in [6, 6.07) is 9.15. The van der Waals surface area contributed by atoms with E-state index in [4.69, 9.17) is 0 Å². The van der Waals surface area contributed by atoms with Gasteiger partial charge in [-0.05, 0) is 82.8 Å². The Morgan fingerprint density at radius 2 is 1.71 bits per heavy atom. The van der Waals surface area contributed by atoms with Crippen LogP contribution in [0.5, 0.6) is 0 Å². The van der Waals surface area contributed by atoms with Crippen LogP contribution in [0.3, 0.4) is 0 Å². The number of Topliss-reactive ketones (excluding diaryl/α,β-unsaturated/α-hetero) is 1. The number of aromatic nitrogens is 4. The molecule has 2 N–H and O–H groups in total. The Balaban J connectivity index is 1.37. The molecule has 0 saturated heterocycles. The molecule has 0 aliphatic heterocycles. The van der Waals surface area contributed by atoms with E-state index in [1.54, 1.807) is 37.1 Å². The SMILES string of the molecule is CC(C)n1nccc1C(=O)N[C@H](C(=O)Cc1ccc(-c2c(C(C)(C)O)ncn2C)cc1)C(C1CC1)C1CC1. The van der Waals surface area contributed by atoms with Gasteiger partial charge in [-0.2, -0.15) is 5.10 Å². The van der Waals surface area contributed by atoms with Gasteiger partial charge in [0.15, 0.2) is 5.78 Å². The topological polar surface area (TPSA) is 102 Å². The molecule has 2 aliphatic carbocycles. The van der Waals surface area contributed by atoms with Crippen molar-refractivity contribution >= 4 is 11.7 Å². The van der Waals surface area contributed by atoms with Gasteiger partial charge >= 0.3 is 0 Å². The van der Waals surface area contributed by atoms with E-state index in [0.717, 1.165) is 42.5 Å². The summed E-state index contributed by atoms with van der Waals surface area (Å²) in [5, 5.41) is 18.0. The highest BCUT2D eigenvalue weighted by atomic mass is 16.3. The molecule has 0 radical (unpaired) electrons. The number of hydrogen-bond acceptors (Lipinski definition) is 5. The van der Waals surface area contributed by atoms with Crippen LogP contribution in [0.15, 0.2) is 42.9 Å². The number of carbonyl (C=O) groups excluding carboxylic acids is 2. The number of benzene rings is 1. The molecular formula is C30H39N5O3. The third kappa shape index (κ3) is 5.46. The monoisotopic (exact) mass is 517 g/mol. The average molecular weight is 518 g/mol. The molecule has 2 heterocycles. The molecule has 2 fully saturated rings. The highest BCUT2D eigenvalue weighted by molar-refractivity contribution is 5.97. The standard InChI is InChI=1S/C30H39N5O3/c1-18(2)35-23(14-15-32-35)29(37)33-26(25(20-10-11-20)21-12-13-21)24(36)16-19-6-8-22(9-7-19)27-28(30(3,4)38)31-17-34(27)5/h6-9,14-15,17-18,20-21,25-26,38H,10-13,16H2,1-5H3,(H,33,37)/t26-/m1/s1. The minimum atomic E-state index is -1.07. The molecule has 2 aromatic heterocycles. The summed E-state index contributed by atoms with van der Waals surface area (Å²) in [5.41, 5.74) is 2.73. The largest absolute Gasteiger partial charge is 0.384 e. The summed E-state index contributed by atoms with van der Waals surface area (Å²) < 4.78 is 3.61. The van der Waals surface area contributed by atoms with Gasteiger partial charge in [-0.3, -0.25) is 14.3 Å². The van der Waals surface area contributed by atoms with Gasteiger partial charge in [0, 0.05) is 31.3 Å². The van der Waals surface area contributed by atoms with Crippen LogP contribution in [-0.4, -0.2) is 42.2 Å². The molecular weight excluding hydrogens is 478 g/mol. The van der Waals surface area contributed by atoms with Crippen molar-refractivity contribution in [2.75, 3.05) is 0 Å². The number of nitrogens with zero attached hydrogens (tertiary/aromatic N) is 4. The van der Waals surface area contributed by atoms with Gasteiger partial charge in [0.1, 0.15) is 11.3 Å². The zero-order valence-electron chi connectivity index (χ0n) is 23.0. The molecule has 8 heteroatoms. The van der Waals surface area contributed by atoms with Crippen LogP contribution in [0.2, 0.25) is 0 Å². The first-order valence-corrected chi connectivity index (χ1v) is 13.7. The third-order valence-corrected chi connectivity index (χ3v) is 7.87. The van der Waals surface area contributed by atoms with E-state index in [9.17, 15) is 14.7 Å². The summed E-state index contributed by atoms with van der Waals surface area (Å²) in [5.74, 6) is 1.05. The van der Waals surface area contributed by atoms with Crippen LogP contribution in [0, 0.1) is 17.8 Å². The van der Waals surface area contributed by atoms with E-state index in [-0.39, 0.29) is 30.1 Å². The smallest absolute Gasteiger partial charge is 0.270 e. The summed E-state index contributed by atoms with van der Waals surface area (Å²) >= 11 is 0. The summed E-state index contributed by atoms with van der Waals surface area (Å²) in [4.78, 5) is 31.6. The number of hydrogen-bond donors (Lipinski definition) is 2. The Bertz CT molecular complexity index is 1290. The lowest BCUT2D eigenvalue weighted by Gasteiger charge is -2.27. The Morgan fingerprint density at radius 3 is 2.26 bits per heavy atom. The van der Waals surface area contributed by atoms with Gasteiger partial charge in [-0.15, -0.1) is 0 Å². The van der Waals surface area contributed by atoms with E-state index >= 15 is 0 Å². The Morgan fingerprint density at radius 1 is 1.08 bits per heavy atom. The van der Waals surface area contributed by atoms with Crippen LogP contribution in [-0.2, 0) is 23.9 Å². The Kier molecular flexibility index (Phi) is 7.03. The third-order valence-electron chi connectivity index (χ3n) is 7.87. The van der Waals surface area contributed by atoms with E-state index in [1.807, 2.05) is 49.7 Å². The lowest BCUT2D eigenvalue weighted by molar-refractivity contribution is -0.122. The number of amides is 1. The highest BCUT2D eigenvalue weighted by Gasteiger charge is 2.48. The maximum Gasteiger partial charge on any atom is 0.270 e. The van der Waals surface area contributed by atoms with Crippen molar-refractivity contribution in [3.05, 3.63) is 59.8 Å². The minimum Gasteiger partial charge on any atom is -0.384 e. The number of ketones is 1. The van der Waals surface area contributed by atoms with Crippen molar-refractivity contribution in [1.82, 2.24) is 24.6 Å². The maximum absolute atomic E-state index is 13.8. The summed E-state index contributed by atoms with van der Waals surface area (Å²) in [7, 11) is 1.91. The van der Waals surface area contributed by atoms with Gasteiger partial charge in [0.2, 0.25) is 0 Å². The number of nitrogens with one attached hydrogen (secondary N) is 1. The van der Waals surface area contributed by atoms with E-state index in [1.165, 1.54) is 0 Å². The molecule has 1 aromatic carbocycles. The minimum absolute atomic E-state index is 0.0532. The second kappa shape index (κ2) is 10.1. The summed E-state index contributed by atoms with van der Waals surface area (Å²) in [6.45, 7) is 7.43. The molecule has 1 atom stereocenters. The molecule has 8 nitrogen and oxygen atoms in total. The fourth-order valence-electron chi connectivity index (χ4n) is 5.71. The van der Waals surface area contributed by atoms with Crippen LogP contribution in [0.1, 0.15) is 81.2 Å². The van der Waals surface area contributed by atoms with Crippen molar-refractivity contribution in [3.8, 4) is 11.3 Å². The van der Waals surface area contributed by atoms with Crippen LogP contribution in [0.4, 0.5) is 0 Å². The van der Waals surface area contributed by atoms with Gasteiger partial charge < -0.3 is 15.0 Å². The van der Waals surface area contributed by atoms with Crippen LogP contribution < -0.4 is 5.32 Å². The van der Waals surface area contributed by atoms with Crippen molar-refractivity contribution in [2.45, 2.75) is 77.5 Å². The fraction of sp³-hybridized carbons (Fsp3) is 0.533. The second-order valence-corrected chi connectivity index (χ2v) is 11.9. The first-order valence-electron chi connectivity index (χ1n) is 13.7. The van der Waals surface area contributed by atoms with Crippen molar-refractivity contribution in [2.24, 2.45) is 24.8 Å². The molecule has 5 rings (SSSR count). The van der Waals surface area contributed by atoms with Crippen molar-refractivity contribution in [1.29, 1.82) is 0 Å². The molecule has 3 aromatic rings. The van der Waals surface area contributed by atoms with Crippen LogP contribution in [0.25, 0.3) is 11.3 Å². The Hall–Kier alpha value is -3.26. The number of aryl methyl sites for hydroxylation is 1. The number of rotatable bonds is 11. The molecule has 0 bridgehead atoms. The number of aliphatic hydroxyl groups is 1. The maximum atomic E-state index is 13.8. The Labute approximate surface area is 224 Å². The van der Waals surface area contributed by atoms with Gasteiger partial charge in [-0.1, -0.05) is 24.3 Å². The predicted octanol–water partition coefficient (Wildman–Crippen LogP) is 4.44. The molecule has 38 heavy (non-hydrogen) atoms. The average Bonchev–Trinajstić information content (AvgIpc) is 3.78. The van der Waals surface area contributed by atoms with Crippen molar-refractivity contribution < 1.29 is 14.7 Å². The second-order valence-electron chi connectivity index (χ2n) is 11.9. The lowest BCUT2D eigenvalue weighted by atomic mass is 9.85. The molecule has 0 unspecified atom stereocenters. The quantitative estimate of drug-likeness (QED) is 0.392. The van der Waals surface area contributed by atoms with E-state index in [2.05, 4.69) is 15.4 Å². The molecule has 2 saturated carbocycles. The normalized spacial score (nSPS) is 16.7. The fourth-order valence-corrected chi connectivity index (χ4v) is 5.71. The predicted molar refractivity (Wildman–Crippen MR) is 145 cm³/mol.